The van der Waals surface area contributed by atoms with Crippen molar-refractivity contribution in [2.24, 2.45) is 0 Å². The summed E-state index contributed by atoms with van der Waals surface area (Å²) in [6, 6.07) is 0. The molecule has 0 aromatic rings. The molecular weight excluding hydrogens is 155 g/mol. The van der Waals surface area contributed by atoms with Crippen molar-refractivity contribution in [3.8, 4) is 0 Å². The van der Waals surface area contributed by atoms with Crippen LogP contribution >= 0.6 is 8.03 Å². The predicted octanol–water partition coefficient (Wildman–Crippen LogP) is 1.24. The molecule has 0 aliphatic rings. The highest BCUT2D eigenvalue weighted by Crippen LogP contribution is 2.21. The maximum atomic E-state index is 10.6. The molecule has 0 saturated carbocycles. The third-order valence-corrected chi connectivity index (χ3v) is 1.92. The van der Waals surface area contributed by atoms with Crippen LogP contribution in [0.15, 0.2) is 0 Å². The van der Waals surface area contributed by atoms with Crippen LogP contribution in [0.3, 0.4) is 0 Å². The van der Waals surface area contributed by atoms with E-state index < -0.39 is 14.0 Å². The third-order valence-electron chi connectivity index (χ3n) is 0.781. The zero-order valence-corrected chi connectivity index (χ0v) is 6.63. The van der Waals surface area contributed by atoms with E-state index in [-0.39, 0.29) is 12.6 Å². The van der Waals surface area contributed by atoms with Crippen molar-refractivity contribution in [2.45, 2.75) is 13.3 Å². The second-order valence-electron chi connectivity index (χ2n) is 1.62. The minimum atomic E-state index is -1.74. The largest absolute Gasteiger partial charge is 0.508 e. The number of hydrogen-bond donors (Lipinski definition) is 1. The summed E-state index contributed by atoms with van der Waals surface area (Å²) in [5.41, 5.74) is 0. The van der Waals surface area contributed by atoms with Crippen molar-refractivity contribution in [3.05, 3.63) is 0 Å². The highest BCUT2D eigenvalue weighted by atomic mass is 31.1. The van der Waals surface area contributed by atoms with Crippen LogP contribution in [0.5, 0.6) is 0 Å². The fourth-order valence-corrected chi connectivity index (χ4v) is 1.19. The third kappa shape index (κ3) is 5.66. The number of rotatable bonds is 5. The Morgan fingerprint density at radius 3 is 2.70 bits per heavy atom. The lowest BCUT2D eigenvalue weighted by atomic mass is 10.5. The molecular formula is C5H10O4P+. The van der Waals surface area contributed by atoms with Gasteiger partial charge in [-0.2, -0.15) is 0 Å². The molecule has 0 aromatic carbocycles. The van der Waals surface area contributed by atoms with E-state index in [0.717, 1.165) is 0 Å². The van der Waals surface area contributed by atoms with E-state index in [1.165, 1.54) is 0 Å². The summed E-state index contributed by atoms with van der Waals surface area (Å²) in [7, 11) is -1.74. The standard InChI is InChI=1S/C5H9O4P/c1-2-9-10(8)4-3-5(6)7/h2-4H2,1H3/p+1. The number of carboxylic acids is 1. The average molecular weight is 165 g/mol. The molecule has 0 rings (SSSR count). The Hall–Kier alpha value is -0.470. The first-order chi connectivity index (χ1) is 4.66. The Kier molecular flexibility index (Phi) is 5.08. The second kappa shape index (κ2) is 5.33. The van der Waals surface area contributed by atoms with Crippen LogP contribution in [0.1, 0.15) is 13.3 Å². The Balaban J connectivity index is 3.30. The average Bonchev–Trinajstić information content (AvgIpc) is 1.85. The molecule has 10 heavy (non-hydrogen) atoms. The van der Waals surface area contributed by atoms with Gasteiger partial charge in [0.1, 0.15) is 0 Å². The van der Waals surface area contributed by atoms with Crippen LogP contribution in [0.25, 0.3) is 0 Å². The molecule has 0 aromatic heterocycles. The predicted molar refractivity (Wildman–Crippen MR) is 36.4 cm³/mol. The van der Waals surface area contributed by atoms with Gasteiger partial charge in [0.05, 0.1) is 13.0 Å². The molecule has 0 radical (unpaired) electrons. The summed E-state index contributed by atoms with van der Waals surface area (Å²) in [6.45, 7) is 2.09. The molecule has 0 aliphatic carbocycles. The zero-order chi connectivity index (χ0) is 7.98. The van der Waals surface area contributed by atoms with Gasteiger partial charge in [0.25, 0.3) is 0 Å². The molecule has 0 aliphatic heterocycles. The normalized spacial score (nSPS) is 11.1. The van der Waals surface area contributed by atoms with E-state index in [9.17, 15) is 9.36 Å². The summed E-state index contributed by atoms with van der Waals surface area (Å²) >= 11 is 0. The van der Waals surface area contributed by atoms with Gasteiger partial charge in [-0.25, -0.2) is 0 Å². The topological polar surface area (TPSA) is 63.6 Å². The van der Waals surface area contributed by atoms with E-state index in [1.807, 2.05) is 0 Å². The summed E-state index contributed by atoms with van der Waals surface area (Å²) < 4.78 is 15.2. The molecule has 1 unspecified atom stereocenters. The summed E-state index contributed by atoms with van der Waals surface area (Å²) in [5.74, 6) is -0.942. The van der Waals surface area contributed by atoms with E-state index in [4.69, 9.17) is 5.11 Å². The molecule has 0 bridgehead atoms. The van der Waals surface area contributed by atoms with Crippen molar-refractivity contribution in [2.75, 3.05) is 12.8 Å². The van der Waals surface area contributed by atoms with Gasteiger partial charge in [-0.15, -0.1) is 4.52 Å². The molecule has 0 saturated heterocycles. The summed E-state index contributed by atoms with van der Waals surface area (Å²) in [5, 5.41) is 8.15. The van der Waals surface area contributed by atoms with Crippen molar-refractivity contribution in [1.29, 1.82) is 0 Å². The monoisotopic (exact) mass is 165 g/mol. The molecule has 0 spiro atoms. The van der Waals surface area contributed by atoms with Gasteiger partial charge in [-0.05, 0) is 11.5 Å². The van der Waals surface area contributed by atoms with E-state index in [1.54, 1.807) is 6.92 Å². The van der Waals surface area contributed by atoms with Gasteiger partial charge in [0, 0.05) is 0 Å². The lowest BCUT2D eigenvalue weighted by Gasteiger charge is -1.83. The van der Waals surface area contributed by atoms with Gasteiger partial charge >= 0.3 is 14.0 Å². The van der Waals surface area contributed by atoms with Gasteiger partial charge in [0.15, 0.2) is 6.16 Å². The fourth-order valence-electron chi connectivity index (χ4n) is 0.395. The first-order valence-electron chi connectivity index (χ1n) is 2.96. The molecule has 0 amide bonds. The molecule has 1 atom stereocenters. The van der Waals surface area contributed by atoms with Crippen LogP contribution in [0.2, 0.25) is 0 Å². The SMILES string of the molecule is CCO[P+](=O)CCC(=O)O. The van der Waals surface area contributed by atoms with E-state index in [0.29, 0.717) is 6.61 Å². The summed E-state index contributed by atoms with van der Waals surface area (Å²) in [6.07, 6.45) is 0.0215. The Morgan fingerprint density at radius 1 is 1.70 bits per heavy atom. The van der Waals surface area contributed by atoms with Crippen LogP contribution in [0, 0.1) is 0 Å². The van der Waals surface area contributed by atoms with Crippen molar-refractivity contribution in [1.82, 2.24) is 0 Å². The van der Waals surface area contributed by atoms with Crippen LogP contribution < -0.4 is 0 Å². The number of aliphatic carboxylic acids is 1. The second-order valence-corrected chi connectivity index (χ2v) is 2.99. The molecule has 0 fully saturated rings. The highest BCUT2D eigenvalue weighted by molar-refractivity contribution is 7.39. The Bertz CT molecular complexity index is 134. The van der Waals surface area contributed by atoms with Gasteiger partial charge in [-0.3, -0.25) is 4.79 Å². The zero-order valence-electron chi connectivity index (χ0n) is 5.74. The molecule has 4 nitrogen and oxygen atoms in total. The van der Waals surface area contributed by atoms with Gasteiger partial charge < -0.3 is 5.11 Å². The maximum absolute atomic E-state index is 10.6. The summed E-state index contributed by atoms with van der Waals surface area (Å²) in [4.78, 5) is 9.92. The molecule has 0 heterocycles. The Morgan fingerprint density at radius 2 is 2.30 bits per heavy atom. The fraction of sp³-hybridized carbons (Fsp3) is 0.800. The van der Waals surface area contributed by atoms with E-state index >= 15 is 0 Å². The minimum Gasteiger partial charge on any atom is -0.481 e. The number of hydrogen-bond acceptors (Lipinski definition) is 3. The lowest BCUT2D eigenvalue weighted by molar-refractivity contribution is -0.136. The van der Waals surface area contributed by atoms with E-state index in [2.05, 4.69) is 4.52 Å². The Labute approximate surface area is 60.1 Å². The highest BCUT2D eigenvalue weighted by Gasteiger charge is 2.17. The molecule has 1 N–H and O–H groups in total. The van der Waals surface area contributed by atoms with Crippen molar-refractivity contribution >= 4 is 14.0 Å². The molecule has 5 heteroatoms. The number of carboxylic acid groups (broad SMARTS) is 1. The maximum Gasteiger partial charge on any atom is 0.508 e. The first kappa shape index (κ1) is 9.53. The lowest BCUT2D eigenvalue weighted by Crippen LogP contribution is -1.96. The van der Waals surface area contributed by atoms with Gasteiger partial charge in [-0.1, -0.05) is 0 Å². The van der Waals surface area contributed by atoms with Crippen molar-refractivity contribution in [3.63, 3.8) is 0 Å². The molecule has 58 valence electrons. The minimum absolute atomic E-state index is 0.0881. The van der Waals surface area contributed by atoms with Crippen LogP contribution in [-0.2, 0) is 13.9 Å². The van der Waals surface area contributed by atoms with Gasteiger partial charge in [0.2, 0.25) is 0 Å². The van der Waals surface area contributed by atoms with Crippen LogP contribution in [0.4, 0.5) is 0 Å². The number of carbonyl (C=O) groups is 1. The van der Waals surface area contributed by atoms with Crippen LogP contribution in [-0.4, -0.2) is 23.8 Å². The first-order valence-corrected chi connectivity index (χ1v) is 4.32. The van der Waals surface area contributed by atoms with Crippen molar-refractivity contribution < 1.29 is 19.0 Å². The quantitative estimate of drug-likeness (QED) is 0.622. The smallest absolute Gasteiger partial charge is 0.481 e.